The Morgan fingerprint density at radius 3 is 1.94 bits per heavy atom. The first-order chi connectivity index (χ1) is 14.8. The molecule has 0 saturated heterocycles. The summed E-state index contributed by atoms with van der Waals surface area (Å²) in [5.74, 6) is 6.46. The summed E-state index contributed by atoms with van der Waals surface area (Å²) in [6, 6.07) is 8.77. The molecule has 0 amide bonds. The molecule has 31 heavy (non-hydrogen) atoms. The Hall–Kier alpha value is -1.08. The van der Waals surface area contributed by atoms with E-state index in [9.17, 15) is 0 Å². The van der Waals surface area contributed by atoms with E-state index in [1.807, 2.05) is 0 Å². The first-order valence-corrected chi connectivity index (χ1v) is 15.4. The lowest BCUT2D eigenvalue weighted by Gasteiger charge is -2.33. The third kappa shape index (κ3) is 12.5. The van der Waals surface area contributed by atoms with Crippen molar-refractivity contribution in [3.8, 4) is 11.8 Å². The molecule has 0 radical (unpaired) electrons. The van der Waals surface area contributed by atoms with Crippen LogP contribution in [-0.4, -0.2) is 15.6 Å². The first kappa shape index (κ1) is 28.0. The molecule has 176 valence electrons. The average molecular weight is 445 g/mol. The Balaban J connectivity index is 2.34. The molecule has 0 bridgehead atoms. The van der Waals surface area contributed by atoms with Gasteiger partial charge in [-0.3, -0.25) is 0 Å². The molecule has 2 nitrogen and oxygen atoms in total. The van der Waals surface area contributed by atoms with Gasteiger partial charge in [0.05, 0.1) is 12.2 Å². The molecule has 0 aliphatic heterocycles. The Labute approximate surface area is 195 Å². The molecule has 0 N–H and O–H groups in total. The number of ether oxygens (including phenoxy) is 1. The lowest BCUT2D eigenvalue weighted by molar-refractivity contribution is 0.0855. The summed E-state index contributed by atoms with van der Waals surface area (Å²) in [5.41, 5.74) is 2.55. The number of rotatable bonds is 14. The van der Waals surface area contributed by atoms with E-state index in [4.69, 9.17) is 9.16 Å². The molecule has 0 saturated carbocycles. The Kier molecular flexibility index (Phi) is 14.1. The van der Waals surface area contributed by atoms with Crippen LogP contribution < -0.4 is 0 Å². The molecule has 0 spiro atoms. The van der Waals surface area contributed by atoms with Gasteiger partial charge in [0.2, 0.25) is 0 Å². The van der Waals surface area contributed by atoms with E-state index >= 15 is 0 Å². The summed E-state index contributed by atoms with van der Waals surface area (Å²) in [4.78, 5) is 0. The van der Waals surface area contributed by atoms with Crippen molar-refractivity contribution in [3.05, 3.63) is 35.4 Å². The molecule has 0 aliphatic carbocycles. The number of hydrogen-bond acceptors (Lipinski definition) is 2. The molecular weight excluding hydrogens is 396 g/mol. The molecule has 1 rings (SSSR count). The van der Waals surface area contributed by atoms with Crippen LogP contribution in [-0.2, 0) is 9.16 Å². The third-order valence-corrected chi connectivity index (χ3v) is 6.41. The van der Waals surface area contributed by atoms with Crippen LogP contribution in [0.3, 0.4) is 0 Å². The van der Waals surface area contributed by atoms with Crippen LogP contribution in [0.2, 0.25) is 13.1 Å². The van der Waals surface area contributed by atoms with Crippen molar-refractivity contribution in [3.63, 3.8) is 0 Å². The van der Waals surface area contributed by atoms with E-state index < -0.39 is 9.04 Å². The van der Waals surface area contributed by atoms with E-state index in [2.05, 4.69) is 83.8 Å². The SMILES string of the molecule is CCCCCCCCCCC#CCO[C@@H](C)c1ccc(C(O[SiH](C)C)C(C)(C)C)cc1. The molecule has 1 aromatic rings. The van der Waals surface area contributed by atoms with Crippen molar-refractivity contribution in [2.24, 2.45) is 5.41 Å². The van der Waals surface area contributed by atoms with Crippen LogP contribution in [0.25, 0.3) is 0 Å². The molecule has 1 unspecified atom stereocenters. The van der Waals surface area contributed by atoms with Gasteiger partial charge >= 0.3 is 0 Å². The summed E-state index contributed by atoms with van der Waals surface area (Å²) in [6.07, 6.45) is 12.0. The van der Waals surface area contributed by atoms with Gasteiger partial charge in [0.15, 0.2) is 9.04 Å². The second kappa shape index (κ2) is 15.7. The maximum Gasteiger partial charge on any atom is 0.171 e. The third-order valence-electron chi connectivity index (χ3n) is 5.59. The minimum absolute atomic E-state index is 0.0555. The van der Waals surface area contributed by atoms with E-state index in [0.717, 1.165) is 6.42 Å². The standard InChI is InChI=1S/C28H48O2Si/c1-8-9-10-11-12-13-14-15-16-17-18-23-29-24(2)25-19-21-26(22-20-25)27(28(3,4)5)30-31(6)7/h19-22,24,27,31H,8-16,23H2,1-7H3/t24-,27?/m0/s1. The zero-order chi connectivity index (χ0) is 23.1. The molecule has 0 heterocycles. The lowest BCUT2D eigenvalue weighted by Crippen LogP contribution is -2.25. The van der Waals surface area contributed by atoms with Gasteiger partial charge in [0.25, 0.3) is 0 Å². The molecule has 0 aliphatic rings. The number of unbranched alkanes of at least 4 members (excludes halogenated alkanes) is 8. The second-order valence-corrected chi connectivity index (χ2v) is 12.5. The Bertz CT molecular complexity index is 634. The largest absolute Gasteiger partial charge is 0.413 e. The van der Waals surface area contributed by atoms with Gasteiger partial charge < -0.3 is 9.16 Å². The maximum absolute atomic E-state index is 6.34. The van der Waals surface area contributed by atoms with E-state index in [1.54, 1.807) is 0 Å². The summed E-state index contributed by atoms with van der Waals surface area (Å²) in [5, 5.41) is 0. The fraction of sp³-hybridized carbons (Fsp3) is 0.714. The normalized spacial score (nSPS) is 13.7. The smallest absolute Gasteiger partial charge is 0.171 e. The molecule has 0 fully saturated rings. The van der Waals surface area contributed by atoms with Crippen LogP contribution in [0.4, 0.5) is 0 Å². The summed E-state index contributed by atoms with van der Waals surface area (Å²) < 4.78 is 12.3. The lowest BCUT2D eigenvalue weighted by atomic mass is 9.84. The highest BCUT2D eigenvalue weighted by Crippen LogP contribution is 2.37. The van der Waals surface area contributed by atoms with Gasteiger partial charge in [0.1, 0.15) is 6.61 Å². The van der Waals surface area contributed by atoms with Gasteiger partial charge in [-0.25, -0.2) is 0 Å². The topological polar surface area (TPSA) is 18.5 Å². The van der Waals surface area contributed by atoms with Crippen LogP contribution in [0.15, 0.2) is 24.3 Å². The van der Waals surface area contributed by atoms with Crippen LogP contribution in [0.5, 0.6) is 0 Å². The first-order valence-electron chi connectivity index (χ1n) is 12.6. The molecule has 0 aromatic heterocycles. The predicted molar refractivity (Wildman–Crippen MR) is 138 cm³/mol. The average Bonchev–Trinajstić information content (AvgIpc) is 2.72. The van der Waals surface area contributed by atoms with Crippen molar-refractivity contribution < 1.29 is 9.16 Å². The summed E-state index contributed by atoms with van der Waals surface area (Å²) in [6.45, 7) is 16.1. The number of benzene rings is 1. The van der Waals surface area contributed by atoms with E-state index in [-0.39, 0.29) is 17.6 Å². The van der Waals surface area contributed by atoms with Gasteiger partial charge in [-0.15, -0.1) is 5.92 Å². The zero-order valence-corrected chi connectivity index (χ0v) is 22.6. The van der Waals surface area contributed by atoms with Crippen molar-refractivity contribution in [1.82, 2.24) is 0 Å². The minimum atomic E-state index is -1.11. The zero-order valence-electron chi connectivity index (χ0n) is 21.4. The summed E-state index contributed by atoms with van der Waals surface area (Å²) in [7, 11) is -1.11. The van der Waals surface area contributed by atoms with Crippen molar-refractivity contribution in [2.75, 3.05) is 6.61 Å². The van der Waals surface area contributed by atoms with Crippen molar-refractivity contribution in [1.29, 1.82) is 0 Å². The van der Waals surface area contributed by atoms with Gasteiger partial charge in [-0.05, 0) is 43.0 Å². The van der Waals surface area contributed by atoms with Crippen LogP contribution in [0, 0.1) is 17.3 Å². The summed E-state index contributed by atoms with van der Waals surface area (Å²) >= 11 is 0. The highest BCUT2D eigenvalue weighted by Gasteiger charge is 2.27. The minimum Gasteiger partial charge on any atom is -0.413 e. The van der Waals surface area contributed by atoms with Crippen molar-refractivity contribution in [2.45, 2.75) is 118 Å². The van der Waals surface area contributed by atoms with Crippen LogP contribution >= 0.6 is 0 Å². The fourth-order valence-corrected chi connectivity index (χ4v) is 4.86. The van der Waals surface area contributed by atoms with Crippen molar-refractivity contribution >= 4 is 9.04 Å². The van der Waals surface area contributed by atoms with E-state index in [0.29, 0.717) is 6.61 Å². The second-order valence-electron chi connectivity index (χ2n) is 10.1. The Morgan fingerprint density at radius 1 is 0.839 bits per heavy atom. The van der Waals surface area contributed by atoms with E-state index in [1.165, 1.54) is 62.5 Å². The van der Waals surface area contributed by atoms with Gasteiger partial charge in [-0.2, -0.15) is 0 Å². The predicted octanol–water partition coefficient (Wildman–Crippen LogP) is 8.39. The molecular formula is C28H48O2Si. The fourth-order valence-electron chi connectivity index (χ4n) is 3.75. The molecule has 2 atom stereocenters. The van der Waals surface area contributed by atoms with Gasteiger partial charge in [-0.1, -0.05) is 103 Å². The quantitative estimate of drug-likeness (QED) is 0.163. The maximum atomic E-state index is 6.34. The highest BCUT2D eigenvalue weighted by molar-refractivity contribution is 6.48. The molecule has 3 heteroatoms. The highest BCUT2D eigenvalue weighted by atomic mass is 28.3. The Morgan fingerprint density at radius 2 is 1.39 bits per heavy atom. The van der Waals surface area contributed by atoms with Crippen LogP contribution in [0.1, 0.15) is 116 Å². The van der Waals surface area contributed by atoms with Gasteiger partial charge in [0, 0.05) is 6.42 Å². The molecule has 1 aromatic carbocycles. The number of hydrogen-bond donors (Lipinski definition) is 0. The monoisotopic (exact) mass is 444 g/mol.